The van der Waals surface area contributed by atoms with Crippen molar-refractivity contribution >= 4 is 51.7 Å². The monoisotopic (exact) mass is 396 g/mol. The summed E-state index contributed by atoms with van der Waals surface area (Å²) < 4.78 is 0. The quantitative estimate of drug-likeness (QED) is 0.610. The molecule has 0 N–H and O–H groups in total. The molecular weight excluding hydrogens is 381 g/mol. The normalized spacial score (nSPS) is 17.9. The number of carboxylic acid groups (broad SMARTS) is 1. The standard InChI is InChI=1S/C22H17Cl2NO2/c1-12-8-14(10-13-6-7-15(23)11-18(13)24)21-17(9-12)20(22(26)27)16-4-2-3-5-19(16)25-21/h2-7,10-12H,8-9H2,1H3,(H,26,27)/p-1/b14-10+/t12-/m1/s1. The van der Waals surface area contributed by atoms with Gasteiger partial charge in [0.1, 0.15) is 0 Å². The Bertz CT molecular complexity index is 1100. The van der Waals surface area contributed by atoms with E-state index in [1.807, 2.05) is 30.3 Å². The molecule has 0 fully saturated rings. The third-order valence-electron chi connectivity index (χ3n) is 4.91. The van der Waals surface area contributed by atoms with Crippen molar-refractivity contribution in [2.75, 3.05) is 0 Å². The Labute approximate surface area is 167 Å². The summed E-state index contributed by atoms with van der Waals surface area (Å²) in [5, 5.41) is 13.7. The van der Waals surface area contributed by atoms with Crippen LogP contribution in [-0.4, -0.2) is 11.0 Å². The van der Waals surface area contributed by atoms with Gasteiger partial charge in [-0.25, -0.2) is 4.98 Å². The van der Waals surface area contributed by atoms with E-state index >= 15 is 0 Å². The maximum atomic E-state index is 12.0. The maximum Gasteiger partial charge on any atom is 0.0725 e. The van der Waals surface area contributed by atoms with Crippen molar-refractivity contribution in [3.8, 4) is 0 Å². The van der Waals surface area contributed by atoms with Gasteiger partial charge in [-0.15, -0.1) is 0 Å². The molecular formula is C22H16Cl2NO2-. The molecule has 1 aromatic heterocycles. The average Bonchev–Trinajstić information content (AvgIpc) is 2.62. The molecule has 27 heavy (non-hydrogen) atoms. The van der Waals surface area contributed by atoms with E-state index < -0.39 is 5.97 Å². The van der Waals surface area contributed by atoms with Crippen LogP contribution in [0.4, 0.5) is 0 Å². The highest BCUT2D eigenvalue weighted by molar-refractivity contribution is 6.35. The number of rotatable bonds is 2. The predicted octanol–water partition coefficient (Wildman–Crippen LogP) is 5.03. The first-order valence-electron chi connectivity index (χ1n) is 8.73. The highest BCUT2D eigenvalue weighted by atomic mass is 35.5. The second-order valence-corrected chi connectivity index (χ2v) is 7.81. The molecule has 0 unspecified atom stereocenters. The van der Waals surface area contributed by atoms with Gasteiger partial charge >= 0.3 is 0 Å². The molecule has 1 aliphatic rings. The number of hydrogen-bond acceptors (Lipinski definition) is 3. The zero-order valence-corrected chi connectivity index (χ0v) is 16.1. The topological polar surface area (TPSA) is 53.0 Å². The minimum Gasteiger partial charge on any atom is -0.545 e. The van der Waals surface area contributed by atoms with Crippen LogP contribution in [0.5, 0.6) is 0 Å². The molecule has 0 spiro atoms. The van der Waals surface area contributed by atoms with Crippen molar-refractivity contribution in [3.63, 3.8) is 0 Å². The molecule has 0 bridgehead atoms. The smallest absolute Gasteiger partial charge is 0.0725 e. The summed E-state index contributed by atoms with van der Waals surface area (Å²) in [4.78, 5) is 16.7. The molecule has 136 valence electrons. The summed E-state index contributed by atoms with van der Waals surface area (Å²) in [5.74, 6) is -0.876. The highest BCUT2D eigenvalue weighted by Gasteiger charge is 2.25. The van der Waals surface area contributed by atoms with Crippen LogP contribution in [-0.2, 0) is 6.42 Å². The molecule has 3 aromatic rings. The molecule has 0 radical (unpaired) electrons. The van der Waals surface area contributed by atoms with Crippen LogP contribution in [0.15, 0.2) is 42.5 Å². The summed E-state index contributed by atoms with van der Waals surface area (Å²) in [6, 6.07) is 12.6. The van der Waals surface area contributed by atoms with E-state index in [-0.39, 0.29) is 11.5 Å². The minimum absolute atomic E-state index is 0.246. The molecule has 1 atom stereocenters. The lowest BCUT2D eigenvalue weighted by molar-refractivity contribution is -0.254. The third kappa shape index (κ3) is 3.33. The molecule has 0 amide bonds. The van der Waals surface area contributed by atoms with E-state index in [2.05, 4.69) is 6.92 Å². The van der Waals surface area contributed by atoms with E-state index in [0.717, 1.165) is 28.8 Å². The third-order valence-corrected chi connectivity index (χ3v) is 5.48. The van der Waals surface area contributed by atoms with Crippen LogP contribution in [0.25, 0.3) is 22.6 Å². The van der Waals surface area contributed by atoms with E-state index in [1.54, 1.807) is 18.2 Å². The van der Waals surface area contributed by atoms with Crippen molar-refractivity contribution in [1.82, 2.24) is 4.98 Å². The Kier molecular flexibility index (Phi) is 4.67. The van der Waals surface area contributed by atoms with Gasteiger partial charge in [-0.2, -0.15) is 0 Å². The number of benzene rings is 2. The van der Waals surface area contributed by atoms with Crippen LogP contribution >= 0.6 is 23.2 Å². The summed E-state index contributed by atoms with van der Waals surface area (Å²) >= 11 is 12.3. The molecule has 1 heterocycles. The molecule has 5 heteroatoms. The van der Waals surface area contributed by atoms with Crippen LogP contribution in [0, 0.1) is 5.92 Å². The highest BCUT2D eigenvalue weighted by Crippen LogP contribution is 2.39. The van der Waals surface area contributed by atoms with Gasteiger partial charge in [-0.3, -0.25) is 0 Å². The van der Waals surface area contributed by atoms with Crippen molar-refractivity contribution < 1.29 is 9.90 Å². The first-order valence-corrected chi connectivity index (χ1v) is 9.48. The van der Waals surface area contributed by atoms with Crippen molar-refractivity contribution in [3.05, 3.63) is 74.9 Å². The summed E-state index contributed by atoms with van der Waals surface area (Å²) in [7, 11) is 0. The number of aromatic carboxylic acids is 1. The number of para-hydroxylation sites is 1. The number of halogens is 2. The lowest BCUT2D eigenvalue weighted by atomic mass is 9.80. The Balaban J connectivity index is 1.99. The number of aromatic nitrogens is 1. The molecule has 2 aromatic carbocycles. The molecule has 0 saturated heterocycles. The van der Waals surface area contributed by atoms with Crippen molar-refractivity contribution in [2.24, 2.45) is 5.92 Å². The lowest BCUT2D eigenvalue weighted by Crippen LogP contribution is -2.27. The fourth-order valence-electron chi connectivity index (χ4n) is 3.78. The van der Waals surface area contributed by atoms with Crippen molar-refractivity contribution in [1.29, 1.82) is 0 Å². The number of carbonyl (C=O) groups excluding carboxylic acids is 1. The zero-order valence-electron chi connectivity index (χ0n) is 14.6. The van der Waals surface area contributed by atoms with E-state index in [4.69, 9.17) is 28.2 Å². The second kappa shape index (κ2) is 6.99. The summed E-state index contributed by atoms with van der Waals surface area (Å²) in [6.07, 6.45) is 3.43. The number of hydrogen-bond donors (Lipinski definition) is 0. The maximum absolute atomic E-state index is 12.0. The summed E-state index contributed by atoms with van der Waals surface area (Å²) in [5.41, 5.74) is 4.16. The minimum atomic E-state index is -1.16. The van der Waals surface area contributed by atoms with Gasteiger partial charge in [0.25, 0.3) is 0 Å². The van der Waals surface area contributed by atoms with Crippen LogP contribution in [0.3, 0.4) is 0 Å². The molecule has 0 aliphatic heterocycles. The molecule has 3 nitrogen and oxygen atoms in total. The fraction of sp³-hybridized carbons (Fsp3) is 0.182. The Morgan fingerprint density at radius 2 is 1.96 bits per heavy atom. The number of fused-ring (bicyclic) bond motifs is 2. The Morgan fingerprint density at radius 3 is 2.70 bits per heavy atom. The zero-order chi connectivity index (χ0) is 19.1. The number of carboxylic acids is 1. The first-order chi connectivity index (χ1) is 12.9. The van der Waals surface area contributed by atoms with Crippen molar-refractivity contribution in [2.45, 2.75) is 19.8 Å². The average molecular weight is 397 g/mol. The van der Waals surface area contributed by atoms with Gasteiger partial charge < -0.3 is 9.90 Å². The largest absolute Gasteiger partial charge is 0.545 e. The predicted molar refractivity (Wildman–Crippen MR) is 108 cm³/mol. The number of pyridine rings is 1. The SMILES string of the molecule is C[C@@H]1C/C(=C\c2ccc(Cl)cc2Cl)c2nc3ccccc3c(C(=O)[O-])c2C1. The number of allylic oxidation sites excluding steroid dienone is 1. The van der Waals surface area contributed by atoms with Gasteiger partial charge in [0.15, 0.2) is 0 Å². The fourth-order valence-corrected chi connectivity index (χ4v) is 4.24. The van der Waals surface area contributed by atoms with E-state index in [9.17, 15) is 9.90 Å². The van der Waals surface area contributed by atoms with Gasteiger partial charge in [0.2, 0.25) is 0 Å². The van der Waals surface area contributed by atoms with Crippen LogP contribution in [0.1, 0.15) is 40.5 Å². The van der Waals surface area contributed by atoms with Crippen LogP contribution in [0.2, 0.25) is 10.0 Å². The Hall–Kier alpha value is -2.36. The van der Waals surface area contributed by atoms with Gasteiger partial charge in [-0.05, 0) is 59.7 Å². The van der Waals surface area contributed by atoms with Gasteiger partial charge in [0.05, 0.1) is 17.2 Å². The van der Waals surface area contributed by atoms with Gasteiger partial charge in [-0.1, -0.05) is 54.4 Å². The Morgan fingerprint density at radius 1 is 1.19 bits per heavy atom. The van der Waals surface area contributed by atoms with E-state index in [1.165, 1.54) is 0 Å². The van der Waals surface area contributed by atoms with Gasteiger partial charge in [0, 0.05) is 21.0 Å². The summed E-state index contributed by atoms with van der Waals surface area (Å²) in [6.45, 7) is 2.11. The molecule has 1 aliphatic carbocycles. The van der Waals surface area contributed by atoms with E-state index in [0.29, 0.717) is 27.4 Å². The molecule has 0 saturated carbocycles. The first kappa shape index (κ1) is 18.0. The number of nitrogens with zero attached hydrogens (tertiary/aromatic N) is 1. The van der Waals surface area contributed by atoms with Crippen LogP contribution < -0.4 is 5.11 Å². The lowest BCUT2D eigenvalue weighted by Gasteiger charge is -2.27. The molecule has 4 rings (SSSR count). The second-order valence-electron chi connectivity index (χ2n) is 6.97. The number of carbonyl (C=O) groups is 1.